The Kier molecular flexibility index (Phi) is 9.26. The summed E-state index contributed by atoms with van der Waals surface area (Å²) in [6.07, 6.45) is 0.872. The molecule has 0 aliphatic carbocycles. The number of nitrogens with one attached hydrogen (secondary N) is 1. The average Bonchev–Trinajstić information content (AvgIpc) is 2.69. The monoisotopic (exact) mass is 412 g/mol. The Balaban J connectivity index is 2.05. The molecule has 0 spiro atoms. The predicted octanol–water partition coefficient (Wildman–Crippen LogP) is 4.48. The van der Waals surface area contributed by atoms with Crippen LogP contribution < -0.4 is 5.32 Å². The molecule has 29 heavy (non-hydrogen) atoms. The maximum absolute atomic E-state index is 13.0. The zero-order valence-electron chi connectivity index (χ0n) is 17.9. The van der Waals surface area contributed by atoms with Gasteiger partial charge < -0.3 is 10.2 Å². The fraction of sp³-hybridized carbons (Fsp3) is 0.417. The summed E-state index contributed by atoms with van der Waals surface area (Å²) in [6.45, 7) is 8.99. The van der Waals surface area contributed by atoms with Crippen molar-refractivity contribution in [2.75, 3.05) is 12.3 Å². The second-order valence-electron chi connectivity index (χ2n) is 7.46. The lowest BCUT2D eigenvalue weighted by Crippen LogP contribution is -2.48. The van der Waals surface area contributed by atoms with E-state index in [0.717, 1.165) is 23.3 Å². The van der Waals surface area contributed by atoms with Crippen molar-refractivity contribution in [2.24, 2.45) is 0 Å². The van der Waals surface area contributed by atoms with Crippen LogP contribution in [0.5, 0.6) is 0 Å². The van der Waals surface area contributed by atoms with Crippen LogP contribution in [0, 0.1) is 13.8 Å². The van der Waals surface area contributed by atoms with Gasteiger partial charge in [0, 0.05) is 18.8 Å². The van der Waals surface area contributed by atoms with E-state index in [1.165, 1.54) is 11.1 Å². The molecule has 0 bridgehead atoms. The molecule has 1 N–H and O–H groups in total. The quantitative estimate of drug-likeness (QED) is 0.626. The van der Waals surface area contributed by atoms with Crippen molar-refractivity contribution < 1.29 is 9.59 Å². The molecule has 2 aromatic carbocycles. The molecule has 0 heterocycles. The van der Waals surface area contributed by atoms with Crippen LogP contribution in [0.2, 0.25) is 0 Å². The summed E-state index contributed by atoms with van der Waals surface area (Å²) in [7, 11) is 0. The van der Waals surface area contributed by atoms with Crippen LogP contribution in [0.25, 0.3) is 0 Å². The van der Waals surface area contributed by atoms with Crippen molar-refractivity contribution in [1.82, 2.24) is 10.2 Å². The fourth-order valence-corrected chi connectivity index (χ4v) is 3.98. The molecule has 4 nitrogen and oxygen atoms in total. The van der Waals surface area contributed by atoms with Crippen LogP contribution >= 0.6 is 11.8 Å². The molecule has 2 amide bonds. The van der Waals surface area contributed by atoms with Crippen molar-refractivity contribution in [2.45, 2.75) is 52.5 Å². The van der Waals surface area contributed by atoms with Crippen molar-refractivity contribution >= 4 is 23.6 Å². The third-order valence-electron chi connectivity index (χ3n) is 4.73. The number of thioether (sulfide) groups is 1. The SMILES string of the molecule is CCCNC(=O)[C@H](C)N(Cc1cccc(C)c1)C(=O)CSCc1cccc(C)c1. The largest absolute Gasteiger partial charge is 0.354 e. The number of benzene rings is 2. The number of carbonyl (C=O) groups is 2. The van der Waals surface area contributed by atoms with Gasteiger partial charge in [-0.2, -0.15) is 0 Å². The highest BCUT2D eigenvalue weighted by atomic mass is 32.2. The van der Waals surface area contributed by atoms with Crippen molar-refractivity contribution in [3.63, 3.8) is 0 Å². The number of carbonyl (C=O) groups excluding carboxylic acids is 2. The Hall–Kier alpha value is -2.27. The second-order valence-corrected chi connectivity index (χ2v) is 8.45. The van der Waals surface area contributed by atoms with Gasteiger partial charge in [-0.25, -0.2) is 0 Å². The molecular weight excluding hydrogens is 380 g/mol. The maximum Gasteiger partial charge on any atom is 0.242 e. The predicted molar refractivity (Wildman–Crippen MR) is 122 cm³/mol. The third-order valence-corrected chi connectivity index (χ3v) is 5.72. The summed E-state index contributed by atoms with van der Waals surface area (Å²) in [5.74, 6) is 1.02. The average molecular weight is 413 g/mol. The van der Waals surface area contributed by atoms with E-state index in [1.807, 2.05) is 45.0 Å². The molecule has 1 atom stereocenters. The van der Waals surface area contributed by atoms with Gasteiger partial charge in [-0.15, -0.1) is 11.8 Å². The number of rotatable bonds is 10. The van der Waals surface area contributed by atoms with Gasteiger partial charge in [0.05, 0.1) is 5.75 Å². The molecule has 0 fully saturated rings. The van der Waals surface area contributed by atoms with E-state index in [2.05, 4.69) is 36.5 Å². The number of aryl methyl sites for hydroxylation is 2. The Morgan fingerprint density at radius 2 is 1.66 bits per heavy atom. The molecule has 0 saturated heterocycles. The Labute approximate surface area is 179 Å². The molecule has 0 radical (unpaired) electrons. The van der Waals surface area contributed by atoms with Gasteiger partial charge in [0.1, 0.15) is 6.04 Å². The Morgan fingerprint density at radius 1 is 1.03 bits per heavy atom. The zero-order chi connectivity index (χ0) is 21.2. The van der Waals surface area contributed by atoms with Crippen LogP contribution in [0.1, 0.15) is 42.5 Å². The molecule has 0 aliphatic heterocycles. The van der Waals surface area contributed by atoms with Gasteiger partial charge in [0.25, 0.3) is 0 Å². The van der Waals surface area contributed by atoms with Gasteiger partial charge in [-0.3, -0.25) is 9.59 Å². The molecule has 5 heteroatoms. The molecule has 0 aliphatic rings. The smallest absolute Gasteiger partial charge is 0.242 e. The first-order valence-electron chi connectivity index (χ1n) is 10.2. The summed E-state index contributed by atoms with van der Waals surface area (Å²) in [5, 5.41) is 2.91. The van der Waals surface area contributed by atoms with Gasteiger partial charge in [-0.1, -0.05) is 66.6 Å². The van der Waals surface area contributed by atoms with Crippen LogP contribution in [0.15, 0.2) is 48.5 Å². The number of amides is 2. The topological polar surface area (TPSA) is 49.4 Å². The third kappa shape index (κ3) is 7.58. The highest BCUT2D eigenvalue weighted by Gasteiger charge is 2.25. The van der Waals surface area contributed by atoms with Crippen LogP contribution in [-0.2, 0) is 21.9 Å². The van der Waals surface area contributed by atoms with E-state index >= 15 is 0 Å². The first-order chi connectivity index (χ1) is 13.9. The van der Waals surface area contributed by atoms with E-state index in [4.69, 9.17) is 0 Å². The minimum Gasteiger partial charge on any atom is -0.354 e. The first-order valence-corrected chi connectivity index (χ1v) is 11.3. The van der Waals surface area contributed by atoms with E-state index in [9.17, 15) is 9.59 Å². The molecule has 0 saturated carbocycles. The zero-order valence-corrected chi connectivity index (χ0v) is 18.7. The van der Waals surface area contributed by atoms with E-state index < -0.39 is 6.04 Å². The highest BCUT2D eigenvalue weighted by Crippen LogP contribution is 2.17. The number of hydrogen-bond acceptors (Lipinski definition) is 3. The Morgan fingerprint density at radius 3 is 2.28 bits per heavy atom. The second kappa shape index (κ2) is 11.7. The van der Waals surface area contributed by atoms with Gasteiger partial charge >= 0.3 is 0 Å². The first kappa shape index (κ1) is 23.0. The van der Waals surface area contributed by atoms with Crippen LogP contribution in [0.4, 0.5) is 0 Å². The summed E-state index contributed by atoms with van der Waals surface area (Å²) in [5.41, 5.74) is 4.61. The normalized spacial score (nSPS) is 11.7. The summed E-state index contributed by atoms with van der Waals surface area (Å²) < 4.78 is 0. The van der Waals surface area contributed by atoms with Crippen molar-refractivity contribution in [3.05, 3.63) is 70.8 Å². The fourth-order valence-electron chi connectivity index (χ4n) is 3.13. The van der Waals surface area contributed by atoms with E-state index in [1.54, 1.807) is 16.7 Å². The van der Waals surface area contributed by atoms with Crippen molar-refractivity contribution in [3.8, 4) is 0 Å². The van der Waals surface area contributed by atoms with Gasteiger partial charge in [0.2, 0.25) is 11.8 Å². The minimum atomic E-state index is -0.505. The summed E-state index contributed by atoms with van der Waals surface area (Å²) >= 11 is 1.59. The minimum absolute atomic E-state index is 0.0108. The van der Waals surface area contributed by atoms with E-state index in [-0.39, 0.29) is 11.8 Å². The highest BCUT2D eigenvalue weighted by molar-refractivity contribution is 7.99. The molecule has 156 valence electrons. The molecule has 0 unspecified atom stereocenters. The molecule has 0 aromatic heterocycles. The summed E-state index contributed by atoms with van der Waals surface area (Å²) in [6, 6.07) is 15.9. The maximum atomic E-state index is 13.0. The molecule has 2 aromatic rings. The standard InChI is InChI=1S/C24H32N2O2S/c1-5-12-25-24(28)20(4)26(15-21-10-6-8-18(2)13-21)23(27)17-29-16-22-11-7-9-19(3)14-22/h6-11,13-14,20H,5,12,15-17H2,1-4H3,(H,25,28)/t20-/m0/s1. The number of hydrogen-bond donors (Lipinski definition) is 1. The lowest BCUT2D eigenvalue weighted by atomic mass is 10.1. The lowest BCUT2D eigenvalue weighted by Gasteiger charge is -2.29. The van der Waals surface area contributed by atoms with E-state index in [0.29, 0.717) is 18.8 Å². The lowest BCUT2D eigenvalue weighted by molar-refractivity contribution is -0.138. The van der Waals surface area contributed by atoms with Crippen LogP contribution in [-0.4, -0.2) is 35.1 Å². The van der Waals surface area contributed by atoms with Gasteiger partial charge in [0.15, 0.2) is 0 Å². The number of nitrogens with zero attached hydrogens (tertiary/aromatic N) is 1. The molecular formula is C24H32N2O2S. The molecule has 2 rings (SSSR count). The van der Waals surface area contributed by atoms with Crippen molar-refractivity contribution in [1.29, 1.82) is 0 Å². The van der Waals surface area contributed by atoms with Crippen LogP contribution in [0.3, 0.4) is 0 Å². The summed E-state index contributed by atoms with van der Waals surface area (Å²) in [4.78, 5) is 27.3. The Bertz CT molecular complexity index is 822. The van der Waals surface area contributed by atoms with Gasteiger partial charge in [-0.05, 0) is 38.3 Å².